The number of nitrogens with one attached hydrogen (secondary N) is 1. The van der Waals surface area contributed by atoms with Crippen molar-refractivity contribution in [2.45, 2.75) is 6.42 Å². The van der Waals surface area contributed by atoms with Gasteiger partial charge in [-0.25, -0.2) is 0 Å². The van der Waals surface area contributed by atoms with Crippen LogP contribution in [0.25, 0.3) is 16.5 Å². The lowest BCUT2D eigenvalue weighted by molar-refractivity contribution is 1.31. The summed E-state index contributed by atoms with van der Waals surface area (Å²) in [6.45, 7) is 0. The van der Waals surface area contributed by atoms with Crippen molar-refractivity contribution in [3.63, 3.8) is 0 Å². The van der Waals surface area contributed by atoms with Crippen LogP contribution in [0.4, 0.5) is 0 Å². The maximum absolute atomic E-state index is 6.04. The molecule has 0 fully saturated rings. The first-order chi connectivity index (χ1) is 9.31. The van der Waals surface area contributed by atoms with Gasteiger partial charge in [0, 0.05) is 27.2 Å². The Hall–Kier alpha value is -1.99. The Balaban J connectivity index is 1.88. The maximum atomic E-state index is 6.04. The second kappa shape index (κ2) is 4.01. The molecule has 4 rings (SSSR count). The van der Waals surface area contributed by atoms with E-state index in [1.54, 1.807) is 0 Å². The summed E-state index contributed by atoms with van der Waals surface area (Å²) in [5.74, 6) is 0. The number of fused-ring (bicyclic) bond motifs is 2. The fourth-order valence-corrected chi connectivity index (χ4v) is 2.97. The number of benzene rings is 2. The van der Waals surface area contributed by atoms with Crippen molar-refractivity contribution >= 4 is 28.1 Å². The molecular formula is C17H12ClN. The number of halogens is 1. The Morgan fingerprint density at radius 1 is 1.00 bits per heavy atom. The number of aromatic amines is 1. The normalized spacial score (nSPS) is 13.6. The quantitative estimate of drug-likeness (QED) is 0.650. The first kappa shape index (κ1) is 10.9. The molecular weight excluding hydrogens is 254 g/mol. The van der Waals surface area contributed by atoms with Gasteiger partial charge in [0.2, 0.25) is 0 Å². The SMILES string of the molecule is Clc1ccc2[nH]c(C3=CCc4ccccc43)cc2c1. The van der Waals surface area contributed by atoms with Crippen molar-refractivity contribution in [2.75, 3.05) is 0 Å². The van der Waals surface area contributed by atoms with Crippen LogP contribution in [0.15, 0.2) is 54.6 Å². The highest BCUT2D eigenvalue weighted by molar-refractivity contribution is 6.31. The van der Waals surface area contributed by atoms with Crippen LogP contribution in [0.1, 0.15) is 16.8 Å². The van der Waals surface area contributed by atoms with E-state index in [0.717, 1.165) is 22.3 Å². The molecule has 92 valence electrons. The zero-order chi connectivity index (χ0) is 12.8. The van der Waals surface area contributed by atoms with E-state index in [2.05, 4.69) is 41.4 Å². The zero-order valence-corrected chi connectivity index (χ0v) is 11.0. The topological polar surface area (TPSA) is 15.8 Å². The van der Waals surface area contributed by atoms with Crippen molar-refractivity contribution in [2.24, 2.45) is 0 Å². The van der Waals surface area contributed by atoms with Crippen molar-refractivity contribution in [3.05, 3.63) is 76.5 Å². The van der Waals surface area contributed by atoms with Crippen LogP contribution in [-0.2, 0) is 6.42 Å². The number of hydrogen-bond donors (Lipinski definition) is 1. The van der Waals surface area contributed by atoms with E-state index < -0.39 is 0 Å². The lowest BCUT2D eigenvalue weighted by Gasteiger charge is -2.02. The number of hydrogen-bond acceptors (Lipinski definition) is 0. The maximum Gasteiger partial charge on any atom is 0.0467 e. The van der Waals surface area contributed by atoms with E-state index in [1.807, 2.05) is 18.2 Å². The molecule has 0 spiro atoms. The lowest BCUT2D eigenvalue weighted by Crippen LogP contribution is -1.86. The van der Waals surface area contributed by atoms with E-state index >= 15 is 0 Å². The van der Waals surface area contributed by atoms with Gasteiger partial charge in [-0.3, -0.25) is 0 Å². The average molecular weight is 266 g/mol. The predicted molar refractivity (Wildman–Crippen MR) is 80.5 cm³/mol. The molecule has 0 saturated heterocycles. The molecule has 0 aliphatic heterocycles. The summed E-state index contributed by atoms with van der Waals surface area (Å²) >= 11 is 6.04. The number of allylic oxidation sites excluding steroid dienone is 1. The third-order valence-corrected chi connectivity index (χ3v) is 3.94. The van der Waals surface area contributed by atoms with Crippen molar-refractivity contribution < 1.29 is 0 Å². The second-order valence-corrected chi connectivity index (χ2v) is 5.33. The number of H-pyrrole nitrogens is 1. The summed E-state index contributed by atoms with van der Waals surface area (Å²) in [5.41, 5.74) is 6.32. The third kappa shape index (κ3) is 1.70. The Labute approximate surface area is 116 Å². The Kier molecular flexibility index (Phi) is 2.30. The molecule has 0 unspecified atom stereocenters. The van der Waals surface area contributed by atoms with Crippen LogP contribution >= 0.6 is 11.6 Å². The molecule has 0 amide bonds. The van der Waals surface area contributed by atoms with Crippen molar-refractivity contribution in [1.29, 1.82) is 0 Å². The molecule has 0 radical (unpaired) electrons. The first-order valence-electron chi connectivity index (χ1n) is 6.38. The molecule has 0 bridgehead atoms. The van der Waals surface area contributed by atoms with Gasteiger partial charge in [-0.05, 0) is 41.8 Å². The predicted octanol–water partition coefficient (Wildman–Crippen LogP) is 4.81. The molecule has 1 aromatic heterocycles. The van der Waals surface area contributed by atoms with Gasteiger partial charge in [-0.15, -0.1) is 0 Å². The molecule has 2 heteroatoms. The highest BCUT2D eigenvalue weighted by Crippen LogP contribution is 2.33. The zero-order valence-electron chi connectivity index (χ0n) is 10.3. The lowest BCUT2D eigenvalue weighted by atomic mass is 10.0. The molecule has 2 aromatic carbocycles. The van der Waals surface area contributed by atoms with Gasteiger partial charge in [0.15, 0.2) is 0 Å². The van der Waals surface area contributed by atoms with Gasteiger partial charge in [0.1, 0.15) is 0 Å². The molecule has 3 aromatic rings. The van der Waals surface area contributed by atoms with Crippen LogP contribution < -0.4 is 0 Å². The Morgan fingerprint density at radius 3 is 2.84 bits per heavy atom. The molecule has 0 saturated carbocycles. The van der Waals surface area contributed by atoms with Crippen molar-refractivity contribution in [3.8, 4) is 0 Å². The minimum atomic E-state index is 0.777. The minimum Gasteiger partial charge on any atom is -0.355 e. The average Bonchev–Trinajstić information content (AvgIpc) is 3.00. The Bertz CT molecular complexity index is 811. The van der Waals surface area contributed by atoms with Gasteiger partial charge in [-0.2, -0.15) is 0 Å². The summed E-state index contributed by atoms with van der Waals surface area (Å²) < 4.78 is 0. The molecule has 1 nitrogen and oxygen atoms in total. The van der Waals surface area contributed by atoms with E-state index in [9.17, 15) is 0 Å². The largest absolute Gasteiger partial charge is 0.355 e. The van der Waals surface area contributed by atoms with Gasteiger partial charge in [0.25, 0.3) is 0 Å². The molecule has 0 atom stereocenters. The summed E-state index contributed by atoms with van der Waals surface area (Å²) in [5, 5.41) is 1.94. The second-order valence-electron chi connectivity index (χ2n) is 4.89. The summed E-state index contributed by atoms with van der Waals surface area (Å²) in [6, 6.07) is 16.7. The monoisotopic (exact) mass is 265 g/mol. The molecule has 1 aliphatic rings. The fourth-order valence-electron chi connectivity index (χ4n) is 2.79. The molecule has 1 heterocycles. The first-order valence-corrected chi connectivity index (χ1v) is 6.76. The van der Waals surface area contributed by atoms with Crippen LogP contribution in [-0.4, -0.2) is 4.98 Å². The van der Waals surface area contributed by atoms with Crippen LogP contribution in [0, 0.1) is 0 Å². The van der Waals surface area contributed by atoms with Crippen molar-refractivity contribution in [1.82, 2.24) is 4.98 Å². The molecule has 1 aliphatic carbocycles. The number of aromatic nitrogens is 1. The summed E-state index contributed by atoms with van der Waals surface area (Å²) in [4.78, 5) is 3.48. The van der Waals surface area contributed by atoms with Gasteiger partial charge >= 0.3 is 0 Å². The van der Waals surface area contributed by atoms with Gasteiger partial charge < -0.3 is 4.98 Å². The Morgan fingerprint density at radius 2 is 1.89 bits per heavy atom. The van der Waals surface area contributed by atoms with Crippen LogP contribution in [0.3, 0.4) is 0 Å². The number of rotatable bonds is 1. The van der Waals surface area contributed by atoms with E-state index in [-0.39, 0.29) is 0 Å². The smallest absolute Gasteiger partial charge is 0.0467 e. The molecule has 19 heavy (non-hydrogen) atoms. The van der Waals surface area contributed by atoms with E-state index in [4.69, 9.17) is 11.6 Å². The van der Waals surface area contributed by atoms with Crippen LogP contribution in [0.2, 0.25) is 5.02 Å². The molecule has 1 N–H and O–H groups in total. The minimum absolute atomic E-state index is 0.777. The van der Waals surface area contributed by atoms with Gasteiger partial charge in [0.05, 0.1) is 0 Å². The van der Waals surface area contributed by atoms with Crippen LogP contribution in [0.5, 0.6) is 0 Å². The highest BCUT2D eigenvalue weighted by Gasteiger charge is 2.16. The summed E-state index contributed by atoms with van der Waals surface area (Å²) in [7, 11) is 0. The van der Waals surface area contributed by atoms with E-state index in [1.165, 1.54) is 22.4 Å². The van der Waals surface area contributed by atoms with Gasteiger partial charge in [-0.1, -0.05) is 41.9 Å². The standard InChI is InChI=1S/C17H12ClN/c18-13-6-8-16-12(9-13)10-17(19-16)15-7-5-11-3-1-2-4-14(11)15/h1-4,6-10,19H,5H2. The highest BCUT2D eigenvalue weighted by atomic mass is 35.5. The summed E-state index contributed by atoms with van der Waals surface area (Å²) in [6.07, 6.45) is 3.30. The fraction of sp³-hybridized carbons (Fsp3) is 0.0588. The third-order valence-electron chi connectivity index (χ3n) is 3.71. The van der Waals surface area contributed by atoms with E-state index in [0.29, 0.717) is 0 Å².